The summed E-state index contributed by atoms with van der Waals surface area (Å²) in [5.41, 5.74) is 1.22. The Bertz CT molecular complexity index is 622. The molecule has 0 fully saturated rings. The van der Waals surface area contributed by atoms with Gasteiger partial charge in [-0.25, -0.2) is 0 Å². The summed E-state index contributed by atoms with van der Waals surface area (Å²) in [6.07, 6.45) is 0. The second-order valence-electron chi connectivity index (χ2n) is 5.93. The van der Waals surface area contributed by atoms with E-state index in [1.807, 2.05) is 42.5 Å². The van der Waals surface area contributed by atoms with Crippen molar-refractivity contribution in [3.63, 3.8) is 0 Å². The van der Waals surface area contributed by atoms with Crippen LogP contribution < -0.4 is 10.1 Å². The highest BCUT2D eigenvalue weighted by molar-refractivity contribution is 9.10. The molecule has 21 heavy (non-hydrogen) atoms. The van der Waals surface area contributed by atoms with Gasteiger partial charge in [-0.2, -0.15) is 0 Å². The summed E-state index contributed by atoms with van der Waals surface area (Å²) in [7, 11) is 0. The van der Waals surface area contributed by atoms with Crippen molar-refractivity contribution in [3.05, 3.63) is 57.5 Å². The van der Waals surface area contributed by atoms with Crippen LogP contribution in [0.5, 0.6) is 11.5 Å². The number of nitrogens with one attached hydrogen (secondary N) is 1. The molecule has 0 aliphatic heterocycles. The molecule has 2 nitrogen and oxygen atoms in total. The molecule has 0 aliphatic rings. The maximum Gasteiger partial charge on any atom is 0.146 e. The Kier molecular flexibility index (Phi) is 5.31. The van der Waals surface area contributed by atoms with Crippen LogP contribution in [-0.2, 0) is 6.54 Å². The molecule has 0 aromatic heterocycles. The lowest BCUT2D eigenvalue weighted by atomic mass is 10.1. The molecule has 0 atom stereocenters. The Morgan fingerprint density at radius 1 is 1.14 bits per heavy atom. The Balaban J connectivity index is 2.09. The SMILES string of the molecule is CC(C)(C)NCc1ccc(Oc2cccc(Br)c2)c(Cl)c1. The minimum absolute atomic E-state index is 0.0813. The average molecular weight is 369 g/mol. The van der Waals surface area contributed by atoms with Crippen molar-refractivity contribution in [1.82, 2.24) is 5.32 Å². The Hall–Kier alpha value is -1.03. The number of benzene rings is 2. The van der Waals surface area contributed by atoms with Gasteiger partial charge in [0.15, 0.2) is 0 Å². The second-order valence-corrected chi connectivity index (χ2v) is 7.25. The van der Waals surface area contributed by atoms with Gasteiger partial charge >= 0.3 is 0 Å². The smallest absolute Gasteiger partial charge is 0.146 e. The number of ether oxygens (including phenoxy) is 1. The lowest BCUT2D eigenvalue weighted by Gasteiger charge is -2.20. The van der Waals surface area contributed by atoms with Crippen molar-refractivity contribution in [2.75, 3.05) is 0 Å². The van der Waals surface area contributed by atoms with Crippen molar-refractivity contribution in [2.24, 2.45) is 0 Å². The first-order chi connectivity index (χ1) is 9.83. The molecule has 1 N–H and O–H groups in total. The van der Waals surface area contributed by atoms with Crippen molar-refractivity contribution in [3.8, 4) is 11.5 Å². The van der Waals surface area contributed by atoms with Gasteiger partial charge in [-0.05, 0) is 56.7 Å². The van der Waals surface area contributed by atoms with Gasteiger partial charge in [-0.15, -0.1) is 0 Å². The minimum Gasteiger partial charge on any atom is -0.456 e. The van der Waals surface area contributed by atoms with Crippen molar-refractivity contribution in [2.45, 2.75) is 32.9 Å². The fourth-order valence-corrected chi connectivity index (χ4v) is 2.38. The zero-order chi connectivity index (χ0) is 15.5. The lowest BCUT2D eigenvalue weighted by Crippen LogP contribution is -2.35. The van der Waals surface area contributed by atoms with Gasteiger partial charge in [-0.3, -0.25) is 0 Å². The summed E-state index contributed by atoms with van der Waals surface area (Å²) in [6.45, 7) is 7.19. The quantitative estimate of drug-likeness (QED) is 0.738. The van der Waals surface area contributed by atoms with Gasteiger partial charge in [-0.1, -0.05) is 39.7 Å². The fraction of sp³-hybridized carbons (Fsp3) is 0.294. The van der Waals surface area contributed by atoms with E-state index < -0.39 is 0 Å². The highest BCUT2D eigenvalue weighted by atomic mass is 79.9. The fourth-order valence-electron chi connectivity index (χ4n) is 1.76. The summed E-state index contributed by atoms with van der Waals surface area (Å²) in [6, 6.07) is 13.6. The zero-order valence-electron chi connectivity index (χ0n) is 12.4. The third-order valence-electron chi connectivity index (χ3n) is 2.84. The predicted octanol–water partition coefficient (Wildman–Crippen LogP) is 5.78. The van der Waals surface area contributed by atoms with Crippen molar-refractivity contribution in [1.29, 1.82) is 0 Å². The van der Waals surface area contributed by atoms with Crippen LogP contribution >= 0.6 is 27.5 Å². The van der Waals surface area contributed by atoms with Crippen molar-refractivity contribution < 1.29 is 4.74 Å². The third kappa shape index (κ3) is 5.34. The van der Waals surface area contributed by atoms with Crippen LogP contribution in [0.1, 0.15) is 26.3 Å². The monoisotopic (exact) mass is 367 g/mol. The van der Waals surface area contributed by atoms with E-state index in [0.717, 1.165) is 22.3 Å². The van der Waals surface area contributed by atoms with Gasteiger partial charge in [0, 0.05) is 16.6 Å². The van der Waals surface area contributed by atoms with Crippen LogP contribution in [0, 0.1) is 0 Å². The number of halogens is 2. The van der Waals surface area contributed by atoms with Crippen LogP contribution in [0.15, 0.2) is 46.9 Å². The van der Waals surface area contributed by atoms with Gasteiger partial charge < -0.3 is 10.1 Å². The number of hydrogen-bond acceptors (Lipinski definition) is 2. The van der Waals surface area contributed by atoms with E-state index in [9.17, 15) is 0 Å². The molecule has 0 spiro atoms. The molecular formula is C17H19BrClNO. The van der Waals surface area contributed by atoms with E-state index in [4.69, 9.17) is 16.3 Å². The average Bonchev–Trinajstić information content (AvgIpc) is 2.38. The summed E-state index contributed by atoms with van der Waals surface area (Å²) < 4.78 is 6.78. The lowest BCUT2D eigenvalue weighted by molar-refractivity contribution is 0.424. The molecule has 0 radical (unpaired) electrons. The minimum atomic E-state index is 0.0813. The molecule has 0 heterocycles. The van der Waals surface area contributed by atoms with Gasteiger partial charge in [0.1, 0.15) is 11.5 Å². The molecule has 0 unspecified atom stereocenters. The summed E-state index contributed by atoms with van der Waals surface area (Å²) in [5, 5.41) is 4.05. The van der Waals surface area contributed by atoms with E-state index in [-0.39, 0.29) is 5.54 Å². The molecule has 0 amide bonds. The largest absolute Gasteiger partial charge is 0.456 e. The molecule has 2 aromatic rings. The van der Waals surface area contributed by atoms with E-state index in [2.05, 4.69) is 42.0 Å². The van der Waals surface area contributed by atoms with Crippen molar-refractivity contribution >= 4 is 27.5 Å². The molecular weight excluding hydrogens is 350 g/mol. The molecule has 2 aromatic carbocycles. The first-order valence-electron chi connectivity index (χ1n) is 6.80. The summed E-state index contributed by atoms with van der Waals surface area (Å²) in [4.78, 5) is 0. The molecule has 0 saturated heterocycles. The third-order valence-corrected chi connectivity index (χ3v) is 3.63. The van der Waals surface area contributed by atoms with E-state index in [1.54, 1.807) is 0 Å². The van der Waals surface area contributed by atoms with E-state index in [0.29, 0.717) is 10.8 Å². The van der Waals surface area contributed by atoms with E-state index >= 15 is 0 Å². The van der Waals surface area contributed by atoms with Gasteiger partial charge in [0.05, 0.1) is 5.02 Å². The molecule has 2 rings (SSSR count). The van der Waals surface area contributed by atoms with Crippen LogP contribution in [0.4, 0.5) is 0 Å². The van der Waals surface area contributed by atoms with Crippen LogP contribution in [0.3, 0.4) is 0 Å². The zero-order valence-corrected chi connectivity index (χ0v) is 14.8. The second kappa shape index (κ2) is 6.82. The van der Waals surface area contributed by atoms with Crippen LogP contribution in [0.2, 0.25) is 5.02 Å². The van der Waals surface area contributed by atoms with Crippen LogP contribution in [-0.4, -0.2) is 5.54 Å². The van der Waals surface area contributed by atoms with Gasteiger partial charge in [0.2, 0.25) is 0 Å². The number of rotatable bonds is 4. The van der Waals surface area contributed by atoms with Crippen LogP contribution in [0.25, 0.3) is 0 Å². The predicted molar refractivity (Wildman–Crippen MR) is 92.3 cm³/mol. The Labute approximate surface area is 139 Å². The molecule has 0 bridgehead atoms. The first-order valence-corrected chi connectivity index (χ1v) is 7.97. The Morgan fingerprint density at radius 2 is 1.90 bits per heavy atom. The molecule has 0 aliphatic carbocycles. The maximum absolute atomic E-state index is 6.30. The highest BCUT2D eigenvalue weighted by Gasteiger charge is 2.10. The number of hydrogen-bond donors (Lipinski definition) is 1. The Morgan fingerprint density at radius 3 is 2.52 bits per heavy atom. The standard InChI is InChI=1S/C17H19BrClNO/c1-17(2,3)20-11-12-7-8-16(15(19)9-12)21-14-6-4-5-13(18)10-14/h4-10,20H,11H2,1-3H3. The molecule has 112 valence electrons. The summed E-state index contributed by atoms with van der Waals surface area (Å²) in [5.74, 6) is 1.42. The maximum atomic E-state index is 6.30. The highest BCUT2D eigenvalue weighted by Crippen LogP contribution is 2.31. The normalized spacial score (nSPS) is 11.5. The topological polar surface area (TPSA) is 21.3 Å². The summed E-state index contributed by atoms with van der Waals surface area (Å²) >= 11 is 9.73. The first kappa shape index (κ1) is 16.3. The van der Waals surface area contributed by atoms with E-state index in [1.165, 1.54) is 0 Å². The molecule has 4 heteroatoms. The van der Waals surface area contributed by atoms with Gasteiger partial charge in [0.25, 0.3) is 0 Å². The molecule has 0 saturated carbocycles.